The molecule has 2 aromatic heterocycles. The number of carbonyl (C=O) groups excluding carboxylic acids is 6. The summed E-state index contributed by atoms with van der Waals surface area (Å²) in [7, 11) is 2.12. The van der Waals surface area contributed by atoms with Gasteiger partial charge in [0.1, 0.15) is 18.1 Å². The molecule has 272 valence electrons. The van der Waals surface area contributed by atoms with Gasteiger partial charge in [-0.25, -0.2) is 0 Å². The molecule has 16 heteroatoms. The van der Waals surface area contributed by atoms with Crippen LogP contribution in [-0.2, 0) is 51.1 Å². The number of aromatic nitrogens is 2. The lowest BCUT2D eigenvalue weighted by Crippen LogP contribution is -2.58. The van der Waals surface area contributed by atoms with Crippen LogP contribution in [0.15, 0.2) is 60.9 Å². The fourth-order valence-electron chi connectivity index (χ4n) is 5.74. The number of esters is 2. The normalized spacial score (nSPS) is 13.6. The molecule has 0 aliphatic rings. The molecule has 15 nitrogen and oxygen atoms in total. The van der Waals surface area contributed by atoms with Gasteiger partial charge in [-0.15, -0.1) is 0 Å². The number of para-hydroxylation sites is 2. The highest BCUT2D eigenvalue weighted by Gasteiger charge is 2.36. The summed E-state index contributed by atoms with van der Waals surface area (Å²) in [6, 6.07) is 10.1. The van der Waals surface area contributed by atoms with E-state index in [1.807, 2.05) is 54.8 Å². The molecular weight excluding hydrogens is 678 g/mol. The summed E-state index contributed by atoms with van der Waals surface area (Å²) in [5, 5.41) is 9.70. The van der Waals surface area contributed by atoms with Crippen LogP contribution in [0.5, 0.6) is 0 Å². The SMILES string of the molecule is COC(=O)C(C[C@H](NC(=O)[C@@H](Cc1c[nH]c2ccccc12)NC(=O)[C@@H](CCSC)NC(=O)[C@H](N)Cc1c[nH]c2ccccc12)C(N)=O)C(=O)OC. The van der Waals surface area contributed by atoms with Gasteiger partial charge in [-0.1, -0.05) is 36.4 Å². The summed E-state index contributed by atoms with van der Waals surface area (Å²) in [5.74, 6) is -6.09. The Labute approximate surface area is 298 Å². The van der Waals surface area contributed by atoms with Crippen LogP contribution in [0, 0.1) is 5.92 Å². The highest BCUT2D eigenvalue weighted by Crippen LogP contribution is 2.21. The molecule has 0 spiro atoms. The molecule has 51 heavy (non-hydrogen) atoms. The second-order valence-corrected chi connectivity index (χ2v) is 12.9. The van der Waals surface area contributed by atoms with Crippen molar-refractivity contribution in [2.75, 3.05) is 26.2 Å². The van der Waals surface area contributed by atoms with E-state index in [0.717, 1.165) is 41.6 Å². The maximum Gasteiger partial charge on any atom is 0.320 e. The summed E-state index contributed by atoms with van der Waals surface area (Å²) in [6.07, 6.45) is 5.20. The van der Waals surface area contributed by atoms with Crippen molar-refractivity contribution in [3.63, 3.8) is 0 Å². The van der Waals surface area contributed by atoms with Crippen molar-refractivity contribution >= 4 is 69.1 Å². The fourth-order valence-corrected chi connectivity index (χ4v) is 6.21. The van der Waals surface area contributed by atoms with Crippen LogP contribution >= 0.6 is 11.8 Å². The molecular formula is C35H43N7O8S. The van der Waals surface area contributed by atoms with Crippen LogP contribution in [0.4, 0.5) is 0 Å². The smallest absolute Gasteiger partial charge is 0.320 e. The third-order valence-electron chi connectivity index (χ3n) is 8.53. The Kier molecular flexibility index (Phi) is 13.6. The van der Waals surface area contributed by atoms with Crippen LogP contribution in [0.3, 0.4) is 0 Å². The minimum atomic E-state index is -1.56. The van der Waals surface area contributed by atoms with Gasteiger partial charge in [-0.05, 0) is 48.1 Å². The summed E-state index contributed by atoms with van der Waals surface area (Å²) >= 11 is 1.47. The van der Waals surface area contributed by atoms with Crippen molar-refractivity contribution in [1.82, 2.24) is 25.9 Å². The van der Waals surface area contributed by atoms with Crippen LogP contribution in [0.1, 0.15) is 24.0 Å². The number of nitrogens with one attached hydrogen (secondary N) is 5. The quantitative estimate of drug-likeness (QED) is 0.0563. The highest BCUT2D eigenvalue weighted by molar-refractivity contribution is 7.98. The van der Waals surface area contributed by atoms with Crippen molar-refractivity contribution in [3.8, 4) is 0 Å². The van der Waals surface area contributed by atoms with Crippen LogP contribution in [0.25, 0.3) is 21.8 Å². The maximum absolute atomic E-state index is 13.9. The number of methoxy groups -OCH3 is 2. The fraction of sp³-hybridized carbons (Fsp3) is 0.371. The summed E-state index contributed by atoms with van der Waals surface area (Å²) in [5.41, 5.74) is 15.1. The molecule has 0 aliphatic heterocycles. The van der Waals surface area contributed by atoms with Gasteiger partial charge < -0.3 is 46.9 Å². The largest absolute Gasteiger partial charge is 0.468 e. The Balaban J connectivity index is 1.56. The molecule has 0 saturated carbocycles. The number of ether oxygens (including phenoxy) is 2. The molecule has 4 atom stereocenters. The first-order valence-corrected chi connectivity index (χ1v) is 17.6. The first-order valence-electron chi connectivity index (χ1n) is 16.2. The lowest BCUT2D eigenvalue weighted by molar-refractivity contribution is -0.159. The summed E-state index contributed by atoms with van der Waals surface area (Å²) < 4.78 is 9.35. The molecule has 2 heterocycles. The number of hydrogen-bond donors (Lipinski definition) is 7. The van der Waals surface area contributed by atoms with E-state index < -0.39 is 72.1 Å². The average Bonchev–Trinajstić information content (AvgIpc) is 3.74. The van der Waals surface area contributed by atoms with Gasteiger partial charge in [-0.2, -0.15) is 11.8 Å². The summed E-state index contributed by atoms with van der Waals surface area (Å²) in [4.78, 5) is 84.5. The van der Waals surface area contributed by atoms with E-state index in [1.54, 1.807) is 12.4 Å². The van der Waals surface area contributed by atoms with Crippen LogP contribution in [-0.4, -0.2) is 95.9 Å². The van der Waals surface area contributed by atoms with Crippen LogP contribution < -0.4 is 27.4 Å². The standard InChI is InChI=1S/C35H43N7O8S/c1-49-34(47)23(35(48)50-2)16-28(30(37)43)41-33(46)29(15-20-18-39-26-11-7-5-9-22(20)26)42-32(45)27(12-13-51-3)40-31(44)24(36)14-19-17-38-25-10-6-4-8-21(19)25/h4-11,17-18,23-24,27-29,38-39H,12-16,36H2,1-3H3,(H2,37,43)(H,40,44)(H,41,46)(H,42,45)/t24-,27-,28+,29-/m1/s1. The first-order chi connectivity index (χ1) is 24.5. The molecule has 4 amide bonds. The molecule has 0 fully saturated rings. The minimum Gasteiger partial charge on any atom is -0.468 e. The number of hydrogen-bond acceptors (Lipinski definition) is 10. The van der Waals surface area contributed by atoms with E-state index in [4.69, 9.17) is 11.5 Å². The Morgan fingerprint density at radius 1 is 0.725 bits per heavy atom. The number of H-pyrrole nitrogens is 2. The van der Waals surface area contributed by atoms with Crippen molar-refractivity contribution in [3.05, 3.63) is 72.1 Å². The van der Waals surface area contributed by atoms with Crippen LogP contribution in [0.2, 0.25) is 0 Å². The molecule has 4 rings (SSSR count). The molecule has 2 aromatic carbocycles. The number of fused-ring (bicyclic) bond motifs is 2. The van der Waals surface area contributed by atoms with E-state index in [-0.39, 0.29) is 19.3 Å². The van der Waals surface area contributed by atoms with Gasteiger partial charge in [0.2, 0.25) is 23.6 Å². The Bertz CT molecular complexity index is 1860. The highest BCUT2D eigenvalue weighted by atomic mass is 32.2. The second-order valence-electron chi connectivity index (χ2n) is 11.9. The second kappa shape index (κ2) is 18.1. The molecule has 4 aromatic rings. The number of amides is 4. The Morgan fingerprint density at radius 3 is 1.75 bits per heavy atom. The maximum atomic E-state index is 13.9. The van der Waals surface area contributed by atoms with Crippen molar-refractivity contribution < 1.29 is 38.2 Å². The van der Waals surface area contributed by atoms with Gasteiger partial charge >= 0.3 is 11.9 Å². The minimum absolute atomic E-state index is 0.0340. The van der Waals surface area contributed by atoms with Gasteiger partial charge in [-0.3, -0.25) is 28.8 Å². The Morgan fingerprint density at radius 2 is 1.22 bits per heavy atom. The molecule has 9 N–H and O–H groups in total. The number of carbonyl (C=O) groups is 6. The van der Waals surface area contributed by atoms with Gasteiger partial charge in [0.15, 0.2) is 5.92 Å². The van der Waals surface area contributed by atoms with E-state index in [9.17, 15) is 28.8 Å². The topological polar surface area (TPSA) is 241 Å². The van der Waals surface area contributed by atoms with Crippen molar-refractivity contribution in [1.29, 1.82) is 0 Å². The van der Waals surface area contributed by atoms with E-state index in [1.165, 1.54) is 11.8 Å². The zero-order valence-electron chi connectivity index (χ0n) is 28.5. The number of benzene rings is 2. The third kappa shape index (κ3) is 9.88. The van der Waals surface area contributed by atoms with Crippen molar-refractivity contribution in [2.45, 2.75) is 49.9 Å². The van der Waals surface area contributed by atoms with E-state index in [0.29, 0.717) is 11.3 Å². The lowest BCUT2D eigenvalue weighted by Gasteiger charge is -2.26. The molecule has 0 radical (unpaired) electrons. The predicted molar refractivity (Wildman–Crippen MR) is 192 cm³/mol. The van der Waals surface area contributed by atoms with E-state index >= 15 is 0 Å². The third-order valence-corrected chi connectivity index (χ3v) is 9.17. The molecule has 0 saturated heterocycles. The monoisotopic (exact) mass is 721 g/mol. The first kappa shape index (κ1) is 38.5. The number of primary amides is 1. The van der Waals surface area contributed by atoms with E-state index in [2.05, 4.69) is 35.4 Å². The predicted octanol–water partition coefficient (Wildman–Crippen LogP) is 0.807. The van der Waals surface area contributed by atoms with Gasteiger partial charge in [0.05, 0.1) is 20.3 Å². The zero-order chi connectivity index (χ0) is 37.1. The molecule has 0 aliphatic carbocycles. The molecule has 0 unspecified atom stereocenters. The van der Waals surface area contributed by atoms with Gasteiger partial charge in [0, 0.05) is 47.0 Å². The van der Waals surface area contributed by atoms with Gasteiger partial charge in [0.25, 0.3) is 0 Å². The lowest BCUT2D eigenvalue weighted by atomic mass is 9.98. The summed E-state index contributed by atoms with van der Waals surface area (Å²) in [6.45, 7) is 0. The van der Waals surface area contributed by atoms with Crippen molar-refractivity contribution in [2.24, 2.45) is 17.4 Å². The number of aromatic amines is 2. The average molecular weight is 722 g/mol. The number of rotatable bonds is 18. The molecule has 0 bridgehead atoms. The zero-order valence-corrected chi connectivity index (χ0v) is 29.3. The number of thioether (sulfide) groups is 1. The number of nitrogens with two attached hydrogens (primary N) is 2. The Hall–Kier alpha value is -5.35.